The second kappa shape index (κ2) is 6.44. The minimum absolute atomic E-state index is 0.349. The Labute approximate surface area is 116 Å². The first-order valence-corrected chi connectivity index (χ1v) is 6.24. The number of thiol groups is 1. The number of hydrogen-bond donors (Lipinski definition) is 2. The molecule has 0 fully saturated rings. The van der Waals surface area contributed by atoms with Crippen LogP contribution in [0.5, 0.6) is 0 Å². The van der Waals surface area contributed by atoms with Crippen LogP contribution in [0.15, 0.2) is 28.8 Å². The summed E-state index contributed by atoms with van der Waals surface area (Å²) >= 11 is 4.15. The molecule has 0 saturated heterocycles. The molecule has 102 valence electrons. The molecule has 1 aromatic heterocycles. The lowest BCUT2D eigenvalue weighted by Crippen LogP contribution is -2.35. The molecule has 7 heteroatoms. The molecule has 0 unspecified atom stereocenters. The molecule has 0 spiro atoms. The van der Waals surface area contributed by atoms with Gasteiger partial charge in [-0.1, -0.05) is 30.1 Å². The number of anilines is 1. The summed E-state index contributed by atoms with van der Waals surface area (Å²) in [6, 6.07) is 6.94. The Balaban J connectivity index is 2.02. The van der Waals surface area contributed by atoms with Crippen LogP contribution in [-0.4, -0.2) is 31.4 Å². The minimum atomic E-state index is -0.349. The second-order valence-electron chi connectivity index (χ2n) is 3.89. The van der Waals surface area contributed by atoms with E-state index in [1.807, 2.05) is 18.2 Å². The molecule has 0 atom stereocenters. The maximum atomic E-state index is 11.9. The molecule has 0 radical (unpaired) electrons. The average Bonchev–Trinajstić information content (AvgIpc) is 2.86. The number of carbonyl (C=O) groups excluding carboxylic acids is 1. The number of nitrogens with zero attached hydrogens (tertiary/aromatic N) is 2. The highest BCUT2D eigenvalue weighted by atomic mass is 32.1. The molecule has 0 saturated carbocycles. The van der Waals surface area contributed by atoms with Gasteiger partial charge in [0.2, 0.25) is 0 Å². The Morgan fingerprint density at radius 2 is 2.32 bits per heavy atom. The van der Waals surface area contributed by atoms with Crippen LogP contribution in [-0.2, 0) is 4.74 Å². The second-order valence-corrected chi connectivity index (χ2v) is 4.29. The quantitative estimate of drug-likeness (QED) is 0.651. The Hall–Kier alpha value is -1.73. The number of amides is 2. The van der Waals surface area contributed by atoms with Crippen molar-refractivity contribution >= 4 is 35.6 Å². The fraction of sp³-hybridized carbons (Fsp3) is 0.333. The first-order valence-electron chi connectivity index (χ1n) is 5.84. The summed E-state index contributed by atoms with van der Waals surface area (Å²) in [5, 5.41) is 7.31. The van der Waals surface area contributed by atoms with Crippen LogP contribution < -0.4 is 9.62 Å². The van der Waals surface area contributed by atoms with E-state index in [0.29, 0.717) is 24.6 Å². The normalized spacial score (nSPS) is 10.6. The predicted molar refractivity (Wildman–Crippen MR) is 75.4 cm³/mol. The molecule has 2 amide bonds. The van der Waals surface area contributed by atoms with Gasteiger partial charge >= 0.3 is 6.03 Å². The van der Waals surface area contributed by atoms with Gasteiger partial charge in [-0.2, -0.15) is 0 Å². The highest BCUT2D eigenvalue weighted by Gasteiger charge is 2.18. The van der Waals surface area contributed by atoms with E-state index in [0.717, 1.165) is 16.1 Å². The number of hydrogen-bond acceptors (Lipinski definition) is 5. The van der Waals surface area contributed by atoms with E-state index in [9.17, 15) is 4.79 Å². The lowest BCUT2D eigenvalue weighted by atomic mass is 10.2. The molecule has 0 aliphatic rings. The van der Waals surface area contributed by atoms with Crippen molar-refractivity contribution in [3.63, 3.8) is 0 Å². The molecule has 0 aliphatic heterocycles. The van der Waals surface area contributed by atoms with Crippen LogP contribution in [0.4, 0.5) is 10.6 Å². The zero-order valence-electron chi connectivity index (χ0n) is 10.5. The van der Waals surface area contributed by atoms with E-state index in [1.165, 1.54) is 0 Å². The van der Waals surface area contributed by atoms with E-state index in [1.54, 1.807) is 13.2 Å². The largest absolute Gasteiger partial charge is 0.385 e. The number of aromatic nitrogens is 1. The van der Waals surface area contributed by atoms with Crippen molar-refractivity contribution in [2.75, 3.05) is 24.6 Å². The smallest absolute Gasteiger partial charge is 0.333 e. The Bertz CT molecular complexity index is 558. The fourth-order valence-corrected chi connectivity index (χ4v) is 1.82. The van der Waals surface area contributed by atoms with Crippen LogP contribution in [0.25, 0.3) is 11.0 Å². The predicted octanol–water partition coefficient (Wildman–Crippen LogP) is 2.23. The molecule has 1 N–H and O–H groups in total. The van der Waals surface area contributed by atoms with E-state index >= 15 is 0 Å². The fourth-order valence-electron chi connectivity index (χ4n) is 1.61. The third kappa shape index (κ3) is 3.18. The van der Waals surface area contributed by atoms with Crippen LogP contribution in [0.1, 0.15) is 6.42 Å². The summed E-state index contributed by atoms with van der Waals surface area (Å²) < 4.78 is 11.2. The van der Waals surface area contributed by atoms with Crippen LogP contribution in [0.2, 0.25) is 0 Å². The molecule has 2 rings (SSSR count). The van der Waals surface area contributed by atoms with Crippen molar-refractivity contribution in [2.24, 2.45) is 0 Å². The van der Waals surface area contributed by atoms with Crippen molar-refractivity contribution in [2.45, 2.75) is 6.42 Å². The lowest BCUT2D eigenvalue weighted by Gasteiger charge is -2.13. The summed E-state index contributed by atoms with van der Waals surface area (Å²) in [5.41, 5.74) is 0.615. The summed E-state index contributed by atoms with van der Waals surface area (Å²) in [5.74, 6) is 0.378. The standard InChI is InChI=1S/C12H15N3O3S/c1-17-8-4-7-13-12(16)15(19)11-9-5-2-3-6-10(9)18-14-11/h2-3,5-6,19H,4,7-8H2,1H3,(H,13,16). The highest BCUT2D eigenvalue weighted by molar-refractivity contribution is 7.82. The SMILES string of the molecule is COCCCNC(=O)N(S)c1noc2ccccc12. The van der Waals surface area contributed by atoms with Gasteiger partial charge in [-0.15, -0.1) is 0 Å². The van der Waals surface area contributed by atoms with Crippen LogP contribution >= 0.6 is 12.8 Å². The lowest BCUT2D eigenvalue weighted by molar-refractivity contribution is 0.194. The highest BCUT2D eigenvalue weighted by Crippen LogP contribution is 2.26. The number of methoxy groups -OCH3 is 1. The zero-order chi connectivity index (χ0) is 13.7. The number of ether oxygens (including phenoxy) is 1. The number of nitrogens with one attached hydrogen (secondary N) is 1. The molecule has 19 heavy (non-hydrogen) atoms. The maximum absolute atomic E-state index is 11.9. The Morgan fingerprint density at radius 1 is 1.53 bits per heavy atom. The van der Waals surface area contributed by atoms with Crippen LogP contribution in [0.3, 0.4) is 0 Å². The van der Waals surface area contributed by atoms with Gasteiger partial charge in [-0.25, -0.2) is 9.10 Å². The first kappa shape index (κ1) is 13.7. The van der Waals surface area contributed by atoms with E-state index in [4.69, 9.17) is 9.26 Å². The summed E-state index contributed by atoms with van der Waals surface area (Å²) in [7, 11) is 1.62. The molecular weight excluding hydrogens is 266 g/mol. The van der Waals surface area contributed by atoms with Gasteiger partial charge in [-0.3, -0.25) is 0 Å². The Morgan fingerprint density at radius 3 is 3.11 bits per heavy atom. The zero-order valence-corrected chi connectivity index (χ0v) is 11.4. The third-order valence-electron chi connectivity index (χ3n) is 2.55. The summed E-state index contributed by atoms with van der Waals surface area (Å²) in [6.45, 7) is 1.11. The van der Waals surface area contributed by atoms with Gasteiger partial charge in [0.25, 0.3) is 0 Å². The number of urea groups is 1. The van der Waals surface area contributed by atoms with E-state index in [-0.39, 0.29) is 6.03 Å². The van der Waals surface area contributed by atoms with E-state index in [2.05, 4.69) is 23.3 Å². The van der Waals surface area contributed by atoms with Gasteiger partial charge in [0.15, 0.2) is 11.4 Å². The number of carbonyl (C=O) groups is 1. The third-order valence-corrected chi connectivity index (χ3v) is 2.92. The molecular formula is C12H15N3O3S. The molecule has 2 aromatic rings. The molecule has 0 aliphatic carbocycles. The monoisotopic (exact) mass is 281 g/mol. The van der Waals surface area contributed by atoms with Gasteiger partial charge in [-0.05, 0) is 18.6 Å². The summed E-state index contributed by atoms with van der Waals surface area (Å²) in [6.07, 6.45) is 0.740. The maximum Gasteiger partial charge on any atom is 0.333 e. The van der Waals surface area contributed by atoms with Crippen molar-refractivity contribution in [3.8, 4) is 0 Å². The molecule has 0 bridgehead atoms. The summed E-state index contributed by atoms with van der Waals surface area (Å²) in [4.78, 5) is 11.9. The van der Waals surface area contributed by atoms with Gasteiger partial charge in [0.1, 0.15) is 0 Å². The molecule has 1 aromatic carbocycles. The number of para-hydroxylation sites is 1. The van der Waals surface area contributed by atoms with Crippen molar-refractivity contribution in [1.82, 2.24) is 10.5 Å². The van der Waals surface area contributed by atoms with Crippen molar-refractivity contribution in [3.05, 3.63) is 24.3 Å². The van der Waals surface area contributed by atoms with Gasteiger partial charge in [0, 0.05) is 20.3 Å². The first-order chi connectivity index (χ1) is 9.24. The van der Waals surface area contributed by atoms with Crippen molar-refractivity contribution in [1.29, 1.82) is 0 Å². The molecule has 6 nitrogen and oxygen atoms in total. The van der Waals surface area contributed by atoms with Gasteiger partial charge < -0.3 is 14.6 Å². The minimum Gasteiger partial charge on any atom is -0.385 e. The number of benzene rings is 1. The Kier molecular flexibility index (Phi) is 4.64. The topological polar surface area (TPSA) is 67.6 Å². The van der Waals surface area contributed by atoms with Gasteiger partial charge in [0.05, 0.1) is 5.39 Å². The van der Waals surface area contributed by atoms with Crippen molar-refractivity contribution < 1.29 is 14.1 Å². The molecule has 1 heterocycles. The number of fused-ring (bicyclic) bond motifs is 1. The average molecular weight is 281 g/mol. The van der Waals surface area contributed by atoms with Crippen LogP contribution in [0, 0.1) is 0 Å². The number of rotatable bonds is 5. The van der Waals surface area contributed by atoms with E-state index < -0.39 is 0 Å².